The second-order valence-corrected chi connectivity index (χ2v) is 6.05. The number of carboxylic acids is 1. The van der Waals surface area contributed by atoms with E-state index < -0.39 is 23.5 Å². The van der Waals surface area contributed by atoms with Crippen LogP contribution in [0.25, 0.3) is 0 Å². The van der Waals surface area contributed by atoms with Gasteiger partial charge in [-0.2, -0.15) is 0 Å². The minimum atomic E-state index is -1.05. The third-order valence-corrected chi connectivity index (χ3v) is 3.03. The van der Waals surface area contributed by atoms with Crippen LogP contribution in [0.4, 0.5) is 10.5 Å². The third kappa shape index (κ3) is 4.26. The summed E-state index contributed by atoms with van der Waals surface area (Å²) >= 11 is 0. The molecular formula is C15H22N2O3. The second kappa shape index (κ2) is 5.94. The summed E-state index contributed by atoms with van der Waals surface area (Å²) in [6, 6.07) is 4.24. The number of carbonyl (C=O) groups excluding carboxylic acids is 1. The van der Waals surface area contributed by atoms with Gasteiger partial charge in [0.15, 0.2) is 0 Å². The van der Waals surface area contributed by atoms with E-state index in [9.17, 15) is 14.7 Å². The maximum absolute atomic E-state index is 12.0. The molecule has 0 saturated heterocycles. The lowest BCUT2D eigenvalue weighted by molar-refractivity contribution is -0.141. The summed E-state index contributed by atoms with van der Waals surface area (Å²) in [6.07, 6.45) is 0. The van der Waals surface area contributed by atoms with Gasteiger partial charge in [0.25, 0.3) is 0 Å². The van der Waals surface area contributed by atoms with Gasteiger partial charge < -0.3 is 15.7 Å². The van der Waals surface area contributed by atoms with Crippen molar-refractivity contribution in [2.75, 3.05) is 5.32 Å². The molecule has 1 atom stereocenters. The molecule has 5 nitrogen and oxygen atoms in total. The van der Waals surface area contributed by atoms with Crippen LogP contribution in [-0.4, -0.2) is 23.1 Å². The average Bonchev–Trinajstić information content (AvgIpc) is 2.29. The summed E-state index contributed by atoms with van der Waals surface area (Å²) in [5, 5.41) is 14.4. The molecule has 0 aromatic heterocycles. The van der Waals surface area contributed by atoms with E-state index in [2.05, 4.69) is 10.6 Å². The molecular weight excluding hydrogens is 256 g/mol. The maximum atomic E-state index is 12.0. The Morgan fingerprint density at radius 3 is 2.30 bits per heavy atom. The number of hydrogen-bond acceptors (Lipinski definition) is 2. The molecule has 110 valence electrons. The molecule has 0 saturated carbocycles. The molecule has 1 aromatic carbocycles. The Bertz CT molecular complexity index is 518. The van der Waals surface area contributed by atoms with Crippen molar-refractivity contribution in [2.45, 2.75) is 40.7 Å². The van der Waals surface area contributed by atoms with E-state index in [1.165, 1.54) is 0 Å². The van der Waals surface area contributed by atoms with Gasteiger partial charge in [-0.05, 0) is 36.5 Å². The topological polar surface area (TPSA) is 78.4 Å². The molecule has 2 amide bonds. The number of amides is 2. The van der Waals surface area contributed by atoms with Crippen LogP contribution in [0.1, 0.15) is 31.9 Å². The lowest BCUT2D eigenvalue weighted by Gasteiger charge is -2.27. The number of nitrogens with one attached hydrogen (secondary N) is 2. The van der Waals surface area contributed by atoms with Crippen LogP contribution in [0.5, 0.6) is 0 Å². The first-order chi connectivity index (χ1) is 9.11. The molecule has 0 radical (unpaired) electrons. The molecule has 1 rings (SSSR count). The van der Waals surface area contributed by atoms with Gasteiger partial charge in [-0.15, -0.1) is 0 Å². The van der Waals surface area contributed by atoms with Crippen LogP contribution in [0.3, 0.4) is 0 Å². The summed E-state index contributed by atoms with van der Waals surface area (Å²) in [7, 11) is 0. The van der Waals surface area contributed by atoms with E-state index in [1.807, 2.05) is 32.0 Å². The van der Waals surface area contributed by atoms with Crippen molar-refractivity contribution < 1.29 is 14.7 Å². The number of urea groups is 1. The van der Waals surface area contributed by atoms with Crippen molar-refractivity contribution in [2.24, 2.45) is 5.41 Å². The number of hydrogen-bond donors (Lipinski definition) is 3. The van der Waals surface area contributed by atoms with Gasteiger partial charge in [0.1, 0.15) is 6.04 Å². The maximum Gasteiger partial charge on any atom is 0.326 e. The highest BCUT2D eigenvalue weighted by Gasteiger charge is 2.32. The Kier molecular flexibility index (Phi) is 4.76. The van der Waals surface area contributed by atoms with Crippen LogP contribution in [0.2, 0.25) is 0 Å². The quantitative estimate of drug-likeness (QED) is 0.795. The standard InChI is InChI=1S/C15H22N2O3/c1-9-6-7-10(2)11(8-9)16-14(20)17-12(13(18)19)15(3,4)5/h6-8,12H,1-5H3,(H,18,19)(H2,16,17,20)/t12-/m1/s1. The normalized spacial score (nSPS) is 12.7. The highest BCUT2D eigenvalue weighted by atomic mass is 16.4. The van der Waals surface area contributed by atoms with Crippen molar-refractivity contribution in [1.29, 1.82) is 0 Å². The monoisotopic (exact) mass is 278 g/mol. The molecule has 20 heavy (non-hydrogen) atoms. The number of benzene rings is 1. The minimum Gasteiger partial charge on any atom is -0.480 e. The Morgan fingerprint density at radius 2 is 1.80 bits per heavy atom. The van der Waals surface area contributed by atoms with Gasteiger partial charge >= 0.3 is 12.0 Å². The Labute approximate surface area is 119 Å². The molecule has 0 aliphatic carbocycles. The van der Waals surface area contributed by atoms with Gasteiger partial charge in [-0.3, -0.25) is 0 Å². The Morgan fingerprint density at radius 1 is 1.20 bits per heavy atom. The van der Waals surface area contributed by atoms with E-state index in [0.717, 1.165) is 11.1 Å². The largest absolute Gasteiger partial charge is 0.480 e. The lowest BCUT2D eigenvalue weighted by atomic mass is 9.87. The minimum absolute atomic E-state index is 0.513. The van der Waals surface area contributed by atoms with Crippen LogP contribution < -0.4 is 10.6 Å². The first-order valence-electron chi connectivity index (χ1n) is 6.49. The molecule has 0 spiro atoms. The number of rotatable bonds is 3. The zero-order chi connectivity index (χ0) is 15.5. The van der Waals surface area contributed by atoms with E-state index in [1.54, 1.807) is 20.8 Å². The van der Waals surface area contributed by atoms with E-state index in [0.29, 0.717) is 5.69 Å². The zero-order valence-electron chi connectivity index (χ0n) is 12.6. The smallest absolute Gasteiger partial charge is 0.326 e. The fourth-order valence-electron chi connectivity index (χ4n) is 1.81. The molecule has 5 heteroatoms. The summed E-state index contributed by atoms with van der Waals surface area (Å²) in [4.78, 5) is 23.2. The van der Waals surface area contributed by atoms with Crippen molar-refractivity contribution in [3.05, 3.63) is 29.3 Å². The Hall–Kier alpha value is -2.04. The van der Waals surface area contributed by atoms with Crippen LogP contribution in [-0.2, 0) is 4.79 Å². The highest BCUT2D eigenvalue weighted by molar-refractivity contribution is 5.93. The zero-order valence-corrected chi connectivity index (χ0v) is 12.6. The average molecular weight is 278 g/mol. The van der Waals surface area contributed by atoms with Crippen molar-refractivity contribution in [3.8, 4) is 0 Å². The van der Waals surface area contributed by atoms with E-state index in [4.69, 9.17) is 0 Å². The van der Waals surface area contributed by atoms with E-state index in [-0.39, 0.29) is 0 Å². The van der Waals surface area contributed by atoms with Gasteiger partial charge in [-0.25, -0.2) is 9.59 Å². The van der Waals surface area contributed by atoms with Crippen molar-refractivity contribution in [3.63, 3.8) is 0 Å². The number of aryl methyl sites for hydroxylation is 2. The van der Waals surface area contributed by atoms with Gasteiger partial charge in [0.2, 0.25) is 0 Å². The SMILES string of the molecule is Cc1ccc(C)c(NC(=O)N[C@H](C(=O)O)C(C)(C)C)c1. The molecule has 0 fully saturated rings. The van der Waals surface area contributed by atoms with Crippen LogP contribution in [0, 0.1) is 19.3 Å². The molecule has 0 bridgehead atoms. The van der Waals surface area contributed by atoms with Crippen LogP contribution >= 0.6 is 0 Å². The number of carbonyl (C=O) groups is 2. The summed E-state index contributed by atoms with van der Waals surface area (Å²) in [5.74, 6) is -1.05. The molecule has 0 unspecified atom stereocenters. The molecule has 1 aromatic rings. The van der Waals surface area contributed by atoms with Gasteiger partial charge in [-0.1, -0.05) is 32.9 Å². The predicted molar refractivity (Wildman–Crippen MR) is 78.9 cm³/mol. The number of carboxylic acid groups (broad SMARTS) is 1. The molecule has 0 aliphatic rings. The van der Waals surface area contributed by atoms with Gasteiger partial charge in [0.05, 0.1) is 0 Å². The number of anilines is 1. The van der Waals surface area contributed by atoms with Crippen molar-refractivity contribution >= 4 is 17.7 Å². The second-order valence-electron chi connectivity index (χ2n) is 6.05. The van der Waals surface area contributed by atoms with Crippen molar-refractivity contribution in [1.82, 2.24) is 5.32 Å². The predicted octanol–water partition coefficient (Wildman–Crippen LogP) is 2.92. The van der Waals surface area contributed by atoms with Crippen LogP contribution in [0.15, 0.2) is 18.2 Å². The Balaban J connectivity index is 2.81. The fraction of sp³-hybridized carbons (Fsp3) is 0.467. The summed E-state index contributed by atoms with van der Waals surface area (Å²) < 4.78 is 0. The highest BCUT2D eigenvalue weighted by Crippen LogP contribution is 2.20. The lowest BCUT2D eigenvalue weighted by Crippen LogP contribution is -2.50. The van der Waals surface area contributed by atoms with Gasteiger partial charge in [0, 0.05) is 5.69 Å². The fourth-order valence-corrected chi connectivity index (χ4v) is 1.81. The van der Waals surface area contributed by atoms with E-state index >= 15 is 0 Å². The number of aliphatic carboxylic acids is 1. The summed E-state index contributed by atoms with van der Waals surface area (Å²) in [5.41, 5.74) is 2.07. The molecule has 0 aliphatic heterocycles. The molecule has 0 heterocycles. The summed E-state index contributed by atoms with van der Waals surface area (Å²) in [6.45, 7) is 9.11. The first kappa shape index (κ1) is 16.0. The molecule has 3 N–H and O–H groups in total. The third-order valence-electron chi connectivity index (χ3n) is 3.03. The first-order valence-corrected chi connectivity index (χ1v) is 6.49.